The van der Waals surface area contributed by atoms with Crippen LogP contribution in [0.5, 0.6) is 5.75 Å². The Morgan fingerprint density at radius 3 is 2.35 bits per heavy atom. The molecule has 166 valence electrons. The first-order valence-electron chi connectivity index (χ1n) is 11.5. The van der Waals surface area contributed by atoms with Crippen LogP contribution in [0.15, 0.2) is 40.8 Å². The lowest BCUT2D eigenvalue weighted by atomic mass is 9.95. The molecule has 3 aromatic rings. The van der Waals surface area contributed by atoms with Crippen molar-refractivity contribution in [2.24, 2.45) is 0 Å². The second-order valence-corrected chi connectivity index (χ2v) is 8.14. The van der Waals surface area contributed by atoms with Crippen LogP contribution in [0.3, 0.4) is 0 Å². The van der Waals surface area contributed by atoms with E-state index in [-0.39, 0.29) is 5.78 Å². The van der Waals surface area contributed by atoms with E-state index in [0.29, 0.717) is 17.7 Å². The van der Waals surface area contributed by atoms with Crippen LogP contribution in [0.25, 0.3) is 11.0 Å². The van der Waals surface area contributed by atoms with Crippen molar-refractivity contribution in [3.8, 4) is 5.75 Å². The number of hydrogen-bond donors (Lipinski definition) is 0. The molecule has 0 saturated carbocycles. The highest BCUT2D eigenvalue weighted by Gasteiger charge is 2.23. The fourth-order valence-corrected chi connectivity index (χ4v) is 4.13. The minimum absolute atomic E-state index is 0.0249. The smallest absolute Gasteiger partial charge is 0.197 e. The number of fused-ring (bicyclic) bond motifs is 1. The normalized spacial score (nSPS) is 11.4. The summed E-state index contributed by atoms with van der Waals surface area (Å²) in [4.78, 5) is 15.9. The van der Waals surface area contributed by atoms with E-state index in [1.165, 1.54) is 0 Å². The predicted molar refractivity (Wildman–Crippen MR) is 127 cm³/mol. The third-order valence-corrected chi connectivity index (χ3v) is 5.92. The molecule has 1 heterocycles. The lowest BCUT2D eigenvalue weighted by Gasteiger charge is -2.19. The number of hydrogen-bond acceptors (Lipinski definition) is 4. The van der Waals surface area contributed by atoms with Crippen LogP contribution in [0, 0.1) is 13.8 Å². The fourth-order valence-electron chi connectivity index (χ4n) is 4.13. The van der Waals surface area contributed by atoms with Gasteiger partial charge in [-0.25, -0.2) is 0 Å². The molecule has 1 aromatic heterocycles. The molecule has 0 N–H and O–H groups in total. The van der Waals surface area contributed by atoms with Gasteiger partial charge in [0.15, 0.2) is 5.78 Å². The molecule has 0 fully saturated rings. The summed E-state index contributed by atoms with van der Waals surface area (Å²) in [6, 6.07) is 11.7. The zero-order chi connectivity index (χ0) is 22.4. The molecule has 3 rings (SSSR count). The molecule has 0 aliphatic carbocycles. The van der Waals surface area contributed by atoms with Gasteiger partial charge < -0.3 is 14.1 Å². The number of para-hydroxylation sites is 1. The monoisotopic (exact) mass is 421 g/mol. The van der Waals surface area contributed by atoms with Crippen LogP contribution >= 0.6 is 0 Å². The minimum atomic E-state index is 0.0249. The van der Waals surface area contributed by atoms with Gasteiger partial charge >= 0.3 is 0 Å². The first-order chi connectivity index (χ1) is 15.0. The zero-order valence-electron chi connectivity index (χ0n) is 19.6. The van der Waals surface area contributed by atoms with E-state index in [0.717, 1.165) is 72.5 Å². The van der Waals surface area contributed by atoms with Crippen molar-refractivity contribution in [2.75, 3.05) is 26.2 Å². The van der Waals surface area contributed by atoms with Crippen molar-refractivity contribution in [2.45, 2.75) is 53.9 Å². The van der Waals surface area contributed by atoms with E-state index in [4.69, 9.17) is 9.15 Å². The highest BCUT2D eigenvalue weighted by Crippen LogP contribution is 2.32. The Hall–Kier alpha value is -2.59. The van der Waals surface area contributed by atoms with Crippen LogP contribution in [0.2, 0.25) is 0 Å². The number of ether oxygens (including phenoxy) is 1. The highest BCUT2D eigenvalue weighted by atomic mass is 16.5. The summed E-state index contributed by atoms with van der Waals surface area (Å²) in [5.41, 5.74) is 4.16. The maximum absolute atomic E-state index is 13.6. The van der Waals surface area contributed by atoms with Gasteiger partial charge in [0.05, 0.1) is 5.56 Å². The molecule has 0 radical (unpaired) electrons. The molecule has 2 aromatic carbocycles. The van der Waals surface area contributed by atoms with Crippen molar-refractivity contribution in [1.82, 2.24) is 4.90 Å². The molecule has 0 amide bonds. The molecule has 0 saturated heterocycles. The summed E-state index contributed by atoms with van der Waals surface area (Å²) in [6.07, 6.45) is 2.83. The highest BCUT2D eigenvalue weighted by molar-refractivity contribution is 6.17. The fraction of sp³-hybridized carbons (Fsp3) is 0.444. The van der Waals surface area contributed by atoms with E-state index < -0.39 is 0 Å². The quantitative estimate of drug-likeness (QED) is 0.339. The molecule has 4 nitrogen and oxygen atoms in total. The van der Waals surface area contributed by atoms with Crippen molar-refractivity contribution >= 4 is 16.8 Å². The molecular weight excluding hydrogens is 386 g/mol. The van der Waals surface area contributed by atoms with Crippen LogP contribution in [-0.2, 0) is 6.42 Å². The third kappa shape index (κ3) is 5.19. The number of aryl methyl sites for hydroxylation is 3. The summed E-state index contributed by atoms with van der Waals surface area (Å²) < 4.78 is 12.2. The van der Waals surface area contributed by atoms with Crippen LogP contribution in [0.1, 0.15) is 66.4 Å². The Balaban J connectivity index is 1.89. The van der Waals surface area contributed by atoms with Gasteiger partial charge in [0.2, 0.25) is 0 Å². The van der Waals surface area contributed by atoms with E-state index in [2.05, 4.69) is 25.7 Å². The van der Waals surface area contributed by atoms with Gasteiger partial charge in [0, 0.05) is 23.9 Å². The number of benzene rings is 2. The Labute approximate surface area is 186 Å². The topological polar surface area (TPSA) is 42.7 Å². The Morgan fingerprint density at radius 1 is 1.03 bits per heavy atom. The lowest BCUT2D eigenvalue weighted by molar-refractivity contribution is 0.103. The maximum atomic E-state index is 13.6. The van der Waals surface area contributed by atoms with Crippen molar-refractivity contribution in [1.29, 1.82) is 0 Å². The number of carbonyl (C=O) groups is 1. The number of carbonyl (C=O) groups excluding carboxylic acids is 1. The number of ketones is 1. The van der Waals surface area contributed by atoms with Gasteiger partial charge in [-0.2, -0.15) is 0 Å². The summed E-state index contributed by atoms with van der Waals surface area (Å²) in [6.45, 7) is 14.1. The number of nitrogens with zero attached hydrogens (tertiary/aromatic N) is 1. The molecule has 0 spiro atoms. The Bertz CT molecular complexity index is 1010. The van der Waals surface area contributed by atoms with E-state index >= 15 is 0 Å². The average molecular weight is 422 g/mol. The van der Waals surface area contributed by atoms with E-state index in [1.807, 2.05) is 50.2 Å². The van der Waals surface area contributed by atoms with E-state index in [1.54, 1.807) is 0 Å². The number of rotatable bonds is 11. The van der Waals surface area contributed by atoms with Gasteiger partial charge in [-0.3, -0.25) is 4.79 Å². The first-order valence-corrected chi connectivity index (χ1v) is 11.5. The Morgan fingerprint density at radius 2 is 1.71 bits per heavy atom. The zero-order valence-corrected chi connectivity index (χ0v) is 19.6. The molecule has 31 heavy (non-hydrogen) atoms. The molecule has 0 aliphatic heterocycles. The molecular formula is C27H35NO3. The second kappa shape index (κ2) is 10.6. The minimum Gasteiger partial charge on any atom is -0.492 e. The van der Waals surface area contributed by atoms with Crippen molar-refractivity contribution in [3.63, 3.8) is 0 Å². The average Bonchev–Trinajstić information content (AvgIpc) is 3.14. The van der Waals surface area contributed by atoms with E-state index in [9.17, 15) is 4.79 Å². The van der Waals surface area contributed by atoms with Crippen molar-refractivity contribution < 1.29 is 13.9 Å². The summed E-state index contributed by atoms with van der Waals surface area (Å²) in [7, 11) is 0. The van der Waals surface area contributed by atoms with Crippen molar-refractivity contribution in [3.05, 3.63) is 64.4 Å². The molecule has 0 aliphatic rings. The van der Waals surface area contributed by atoms with Gasteiger partial charge in [-0.05, 0) is 62.7 Å². The lowest BCUT2D eigenvalue weighted by Crippen LogP contribution is -2.28. The number of unbranched alkanes of at least 4 members (excludes halogenated alkanes) is 1. The van der Waals surface area contributed by atoms with Gasteiger partial charge in [-0.15, -0.1) is 0 Å². The summed E-state index contributed by atoms with van der Waals surface area (Å²) >= 11 is 0. The van der Waals surface area contributed by atoms with Gasteiger partial charge in [-0.1, -0.05) is 45.4 Å². The van der Waals surface area contributed by atoms with Crippen LogP contribution in [-0.4, -0.2) is 36.9 Å². The molecule has 0 bridgehead atoms. The number of likely N-dealkylation sites (N-methyl/N-ethyl adjacent to an activating group) is 1. The first kappa shape index (κ1) is 23.1. The van der Waals surface area contributed by atoms with Crippen LogP contribution < -0.4 is 4.74 Å². The largest absolute Gasteiger partial charge is 0.492 e. The third-order valence-electron chi connectivity index (χ3n) is 5.92. The predicted octanol–water partition coefficient (Wildman–Crippen LogP) is 6.34. The summed E-state index contributed by atoms with van der Waals surface area (Å²) in [5, 5.41) is 0.897. The Kier molecular flexibility index (Phi) is 7.91. The molecule has 0 atom stereocenters. The number of furan rings is 1. The van der Waals surface area contributed by atoms with Gasteiger partial charge in [0.1, 0.15) is 23.7 Å². The summed E-state index contributed by atoms with van der Waals surface area (Å²) in [5.74, 6) is 1.70. The van der Waals surface area contributed by atoms with Gasteiger partial charge in [0.25, 0.3) is 0 Å². The second-order valence-electron chi connectivity index (χ2n) is 8.14. The molecule has 4 heteroatoms. The molecule has 0 unspecified atom stereocenters. The standard InChI is InChI=1S/C27H35NO3/c1-6-9-13-24-25(22-12-10-11-14-23(22)31-24)26(29)21-17-19(4)27(20(5)18-21)30-16-15-28(7-2)8-3/h10-12,14,17-18H,6-9,13,15-16H2,1-5H3. The van der Waals surface area contributed by atoms with Crippen LogP contribution in [0.4, 0.5) is 0 Å². The maximum Gasteiger partial charge on any atom is 0.197 e. The SMILES string of the molecule is CCCCc1oc2ccccc2c1C(=O)c1cc(C)c(OCCN(CC)CC)c(C)c1.